The van der Waals surface area contributed by atoms with Crippen LogP contribution in [-0.2, 0) is 29.0 Å². The Morgan fingerprint density at radius 2 is 1.52 bits per heavy atom. The van der Waals surface area contributed by atoms with Crippen LogP contribution in [-0.4, -0.2) is 29.8 Å². The molecule has 0 bridgehead atoms. The number of amides is 2. The van der Waals surface area contributed by atoms with Crippen molar-refractivity contribution in [3.8, 4) is 0 Å². The molecule has 6 heteroatoms. The second-order valence-corrected chi connectivity index (χ2v) is 8.08. The van der Waals surface area contributed by atoms with Crippen LogP contribution in [0.15, 0.2) is 78.9 Å². The molecule has 3 aromatic rings. The molecule has 0 fully saturated rings. The van der Waals surface area contributed by atoms with Crippen molar-refractivity contribution in [2.45, 2.75) is 25.4 Å². The zero-order valence-electron chi connectivity index (χ0n) is 17.2. The summed E-state index contributed by atoms with van der Waals surface area (Å²) in [7, 11) is 1.58. The van der Waals surface area contributed by atoms with E-state index in [9.17, 15) is 9.59 Å². The highest BCUT2D eigenvalue weighted by Gasteiger charge is 2.30. The van der Waals surface area contributed by atoms with Crippen molar-refractivity contribution < 1.29 is 9.59 Å². The summed E-state index contributed by atoms with van der Waals surface area (Å²) in [6.45, 7) is 0.233. The van der Waals surface area contributed by atoms with Gasteiger partial charge in [0.1, 0.15) is 6.04 Å². The summed E-state index contributed by atoms with van der Waals surface area (Å²) in [5.74, 6) is -0.382. The van der Waals surface area contributed by atoms with Crippen LogP contribution >= 0.6 is 23.2 Å². The summed E-state index contributed by atoms with van der Waals surface area (Å²) in [4.78, 5) is 27.9. The Bertz CT molecular complexity index is 1020. The fourth-order valence-electron chi connectivity index (χ4n) is 3.41. The highest BCUT2D eigenvalue weighted by Crippen LogP contribution is 2.21. The van der Waals surface area contributed by atoms with Crippen molar-refractivity contribution in [3.63, 3.8) is 0 Å². The molecule has 0 unspecified atom stereocenters. The van der Waals surface area contributed by atoms with Gasteiger partial charge in [0.05, 0.1) is 6.42 Å². The number of likely N-dealkylation sites (N-methyl/N-ethyl adjacent to an activating group) is 1. The summed E-state index contributed by atoms with van der Waals surface area (Å²) in [5, 5.41) is 3.87. The standard InChI is InChI=1S/C25H24Cl2N2O2/c1-28-25(31)23(15-18-7-3-2-4-8-18)29(17-20-9-5-6-10-22(20)27)24(30)16-19-11-13-21(26)14-12-19/h2-14,23H,15-17H2,1H3,(H,28,31)/t23-/m1/s1. The molecule has 0 aliphatic heterocycles. The SMILES string of the molecule is CNC(=O)[C@@H](Cc1ccccc1)N(Cc1ccccc1Cl)C(=O)Cc1ccc(Cl)cc1. The number of halogens is 2. The first-order valence-corrected chi connectivity index (χ1v) is 10.8. The van der Waals surface area contributed by atoms with E-state index >= 15 is 0 Å². The lowest BCUT2D eigenvalue weighted by molar-refractivity contribution is -0.140. The zero-order chi connectivity index (χ0) is 22.2. The van der Waals surface area contributed by atoms with Gasteiger partial charge in [0, 0.05) is 30.1 Å². The van der Waals surface area contributed by atoms with Crippen LogP contribution in [0.4, 0.5) is 0 Å². The number of carbonyl (C=O) groups excluding carboxylic acids is 2. The minimum Gasteiger partial charge on any atom is -0.357 e. The Kier molecular flexibility index (Phi) is 8.10. The molecule has 0 saturated carbocycles. The van der Waals surface area contributed by atoms with Crippen LogP contribution in [0.2, 0.25) is 10.0 Å². The number of hydrogen-bond donors (Lipinski definition) is 1. The average molecular weight is 455 g/mol. The molecular weight excluding hydrogens is 431 g/mol. The summed E-state index contributed by atoms with van der Waals surface area (Å²) in [6, 6.07) is 23.5. The first kappa shape index (κ1) is 22.9. The minimum atomic E-state index is -0.677. The predicted molar refractivity (Wildman–Crippen MR) is 125 cm³/mol. The van der Waals surface area contributed by atoms with Gasteiger partial charge in [-0.15, -0.1) is 0 Å². The van der Waals surface area contributed by atoms with Gasteiger partial charge in [0.15, 0.2) is 0 Å². The molecule has 31 heavy (non-hydrogen) atoms. The molecule has 2 amide bonds. The largest absolute Gasteiger partial charge is 0.357 e. The maximum absolute atomic E-state index is 13.4. The molecule has 0 aromatic heterocycles. The van der Waals surface area contributed by atoms with E-state index in [0.717, 1.165) is 16.7 Å². The molecule has 160 valence electrons. The molecule has 3 rings (SSSR count). The summed E-state index contributed by atoms with van der Waals surface area (Å²) >= 11 is 12.3. The van der Waals surface area contributed by atoms with E-state index in [2.05, 4.69) is 5.32 Å². The van der Waals surface area contributed by atoms with Gasteiger partial charge in [-0.3, -0.25) is 9.59 Å². The number of rotatable bonds is 8. The fourth-order valence-corrected chi connectivity index (χ4v) is 3.73. The van der Waals surface area contributed by atoms with Crippen molar-refractivity contribution in [2.75, 3.05) is 7.05 Å². The van der Waals surface area contributed by atoms with Gasteiger partial charge in [-0.2, -0.15) is 0 Å². The van der Waals surface area contributed by atoms with Crippen LogP contribution in [0, 0.1) is 0 Å². The topological polar surface area (TPSA) is 49.4 Å². The van der Waals surface area contributed by atoms with Gasteiger partial charge in [-0.1, -0.05) is 83.9 Å². The zero-order valence-corrected chi connectivity index (χ0v) is 18.7. The molecule has 4 nitrogen and oxygen atoms in total. The summed E-state index contributed by atoms with van der Waals surface area (Å²) in [5.41, 5.74) is 2.59. The molecule has 0 heterocycles. The van der Waals surface area contributed by atoms with Gasteiger partial charge in [-0.25, -0.2) is 0 Å². The number of nitrogens with one attached hydrogen (secondary N) is 1. The van der Waals surface area contributed by atoms with Crippen molar-refractivity contribution in [1.29, 1.82) is 0 Å². The Hall–Kier alpha value is -2.82. The van der Waals surface area contributed by atoms with E-state index < -0.39 is 6.04 Å². The lowest BCUT2D eigenvalue weighted by Crippen LogP contribution is -2.50. The third-order valence-electron chi connectivity index (χ3n) is 5.08. The molecule has 0 spiro atoms. The first-order valence-electron chi connectivity index (χ1n) is 10.0. The molecule has 0 saturated heterocycles. The van der Waals surface area contributed by atoms with Gasteiger partial charge in [0.25, 0.3) is 0 Å². The molecule has 0 aliphatic rings. The van der Waals surface area contributed by atoms with E-state index in [4.69, 9.17) is 23.2 Å². The average Bonchev–Trinajstić information content (AvgIpc) is 2.79. The highest BCUT2D eigenvalue weighted by atomic mass is 35.5. The third-order valence-corrected chi connectivity index (χ3v) is 5.71. The van der Waals surface area contributed by atoms with Gasteiger partial charge >= 0.3 is 0 Å². The van der Waals surface area contributed by atoms with Crippen LogP contribution < -0.4 is 5.32 Å². The smallest absolute Gasteiger partial charge is 0.242 e. The van der Waals surface area contributed by atoms with Gasteiger partial charge < -0.3 is 10.2 Å². The Morgan fingerprint density at radius 3 is 2.16 bits per heavy atom. The lowest BCUT2D eigenvalue weighted by Gasteiger charge is -2.31. The quantitative estimate of drug-likeness (QED) is 0.524. The minimum absolute atomic E-state index is 0.157. The Labute approximate surface area is 192 Å². The van der Waals surface area contributed by atoms with Crippen molar-refractivity contribution in [1.82, 2.24) is 10.2 Å². The molecule has 1 N–H and O–H groups in total. The maximum atomic E-state index is 13.4. The van der Waals surface area contributed by atoms with Crippen LogP contribution in [0.5, 0.6) is 0 Å². The molecule has 0 aliphatic carbocycles. The van der Waals surface area contributed by atoms with E-state index in [1.807, 2.05) is 60.7 Å². The number of nitrogens with zero attached hydrogens (tertiary/aromatic N) is 1. The molecule has 1 atom stereocenters. The Morgan fingerprint density at radius 1 is 0.871 bits per heavy atom. The number of carbonyl (C=O) groups is 2. The van der Waals surface area contributed by atoms with Crippen molar-refractivity contribution in [2.24, 2.45) is 0 Å². The third kappa shape index (κ3) is 6.33. The second kappa shape index (κ2) is 11.0. The van der Waals surface area contributed by atoms with Gasteiger partial charge in [-0.05, 0) is 34.9 Å². The van der Waals surface area contributed by atoms with Gasteiger partial charge in [0.2, 0.25) is 11.8 Å². The van der Waals surface area contributed by atoms with Crippen LogP contribution in [0.1, 0.15) is 16.7 Å². The fraction of sp³-hybridized carbons (Fsp3) is 0.200. The highest BCUT2D eigenvalue weighted by molar-refractivity contribution is 6.31. The number of hydrogen-bond acceptors (Lipinski definition) is 2. The second-order valence-electron chi connectivity index (χ2n) is 7.24. The van der Waals surface area contributed by atoms with E-state index in [-0.39, 0.29) is 24.8 Å². The Balaban J connectivity index is 1.94. The lowest BCUT2D eigenvalue weighted by atomic mass is 10.0. The molecular formula is C25H24Cl2N2O2. The van der Waals surface area contributed by atoms with Crippen LogP contribution in [0.3, 0.4) is 0 Å². The van der Waals surface area contributed by atoms with Crippen LogP contribution in [0.25, 0.3) is 0 Å². The molecule has 3 aromatic carbocycles. The number of benzene rings is 3. The molecule has 0 radical (unpaired) electrons. The summed E-state index contributed by atoms with van der Waals surface area (Å²) < 4.78 is 0. The predicted octanol–water partition coefficient (Wildman–Crippen LogP) is 4.92. The van der Waals surface area contributed by atoms with Crippen molar-refractivity contribution >= 4 is 35.0 Å². The van der Waals surface area contributed by atoms with E-state index in [1.54, 1.807) is 30.1 Å². The summed E-state index contributed by atoms with van der Waals surface area (Å²) in [6.07, 6.45) is 0.557. The monoisotopic (exact) mass is 454 g/mol. The van der Waals surface area contributed by atoms with E-state index in [1.165, 1.54) is 0 Å². The normalized spacial score (nSPS) is 11.6. The van der Waals surface area contributed by atoms with Crippen molar-refractivity contribution in [3.05, 3.63) is 106 Å². The maximum Gasteiger partial charge on any atom is 0.242 e. The van der Waals surface area contributed by atoms with E-state index in [0.29, 0.717) is 16.5 Å². The first-order chi connectivity index (χ1) is 15.0.